The number of anilines is 2. The van der Waals surface area contributed by atoms with Crippen molar-refractivity contribution in [2.45, 2.75) is 37.0 Å². The van der Waals surface area contributed by atoms with E-state index in [1.54, 1.807) is 6.20 Å². The van der Waals surface area contributed by atoms with E-state index in [2.05, 4.69) is 25.3 Å². The molecule has 1 fully saturated rings. The molecule has 1 unspecified atom stereocenters. The zero-order valence-electron chi connectivity index (χ0n) is 18.0. The van der Waals surface area contributed by atoms with E-state index in [1.807, 2.05) is 16.2 Å². The normalized spacial score (nSPS) is 15.9. The van der Waals surface area contributed by atoms with E-state index in [0.717, 1.165) is 24.9 Å². The molecule has 4 rings (SSSR count). The summed E-state index contributed by atoms with van der Waals surface area (Å²) in [7, 11) is -2.13. The van der Waals surface area contributed by atoms with Crippen molar-refractivity contribution in [3.8, 4) is 11.4 Å². The number of pyridine rings is 1. The van der Waals surface area contributed by atoms with Gasteiger partial charge in [0.15, 0.2) is 5.82 Å². The SMILES string of the molecule is Cc1ncc(-c2nc(Nc3ccc(S(=O)NCC(F)(F)F)nc3)ncc2F)n1C1CCOCC1. The van der Waals surface area contributed by atoms with Gasteiger partial charge in [-0.05, 0) is 31.9 Å². The molecule has 1 atom stereocenters. The summed E-state index contributed by atoms with van der Waals surface area (Å²) in [6.07, 6.45) is 0.941. The summed E-state index contributed by atoms with van der Waals surface area (Å²) < 4.78 is 72.7. The van der Waals surface area contributed by atoms with Crippen LogP contribution in [-0.2, 0) is 15.7 Å². The van der Waals surface area contributed by atoms with E-state index >= 15 is 0 Å². The number of ether oxygens (including phenoxy) is 1. The van der Waals surface area contributed by atoms with E-state index in [4.69, 9.17) is 4.74 Å². The molecule has 0 spiro atoms. The lowest BCUT2D eigenvalue weighted by atomic mass is 10.1. The summed E-state index contributed by atoms with van der Waals surface area (Å²) in [6.45, 7) is 1.66. The Hall–Kier alpha value is -2.97. The van der Waals surface area contributed by atoms with Crippen molar-refractivity contribution >= 4 is 22.6 Å². The van der Waals surface area contributed by atoms with Crippen molar-refractivity contribution in [1.29, 1.82) is 0 Å². The Bertz CT molecular complexity index is 1160. The van der Waals surface area contributed by atoms with Gasteiger partial charge in [-0.1, -0.05) is 0 Å². The molecule has 1 aliphatic rings. The maximum Gasteiger partial charge on any atom is 0.402 e. The molecule has 14 heteroatoms. The third-order valence-electron chi connectivity index (χ3n) is 5.11. The number of hydrogen-bond donors (Lipinski definition) is 2. The van der Waals surface area contributed by atoms with Gasteiger partial charge in [-0.2, -0.15) is 13.2 Å². The second kappa shape index (κ2) is 10.1. The molecule has 3 aromatic rings. The predicted octanol–water partition coefficient (Wildman–Crippen LogP) is 3.45. The summed E-state index contributed by atoms with van der Waals surface area (Å²) in [5, 5.41) is 2.79. The predicted molar refractivity (Wildman–Crippen MR) is 115 cm³/mol. The highest BCUT2D eigenvalue weighted by Crippen LogP contribution is 2.31. The summed E-state index contributed by atoms with van der Waals surface area (Å²) in [5.74, 6) is 0.208. The number of aromatic nitrogens is 5. The van der Waals surface area contributed by atoms with Crippen LogP contribution in [0.5, 0.6) is 0 Å². The molecule has 0 bridgehead atoms. The minimum atomic E-state index is -4.49. The zero-order valence-corrected chi connectivity index (χ0v) is 18.8. The average Bonchev–Trinajstić information content (AvgIpc) is 3.20. The van der Waals surface area contributed by atoms with Crippen molar-refractivity contribution in [2.75, 3.05) is 25.1 Å². The summed E-state index contributed by atoms with van der Waals surface area (Å²) in [4.78, 5) is 16.5. The fourth-order valence-corrected chi connectivity index (χ4v) is 4.34. The van der Waals surface area contributed by atoms with Crippen LogP contribution in [0.2, 0.25) is 0 Å². The van der Waals surface area contributed by atoms with Crippen LogP contribution in [0.1, 0.15) is 24.7 Å². The summed E-state index contributed by atoms with van der Waals surface area (Å²) in [6, 6.07) is 2.87. The number of alkyl halides is 3. The van der Waals surface area contributed by atoms with E-state index in [0.29, 0.717) is 24.6 Å². The first-order chi connectivity index (χ1) is 16.2. The molecule has 0 radical (unpaired) electrons. The molecular weight excluding hydrogens is 478 g/mol. The van der Waals surface area contributed by atoms with Gasteiger partial charge in [0.2, 0.25) is 5.95 Å². The monoisotopic (exact) mass is 499 g/mol. The Morgan fingerprint density at radius 2 is 1.91 bits per heavy atom. The van der Waals surface area contributed by atoms with E-state index in [-0.39, 0.29) is 22.7 Å². The van der Waals surface area contributed by atoms with Crippen LogP contribution < -0.4 is 10.0 Å². The number of nitrogens with zero attached hydrogens (tertiary/aromatic N) is 5. The van der Waals surface area contributed by atoms with Crippen LogP contribution >= 0.6 is 0 Å². The fraction of sp³-hybridized carbons (Fsp3) is 0.400. The summed E-state index contributed by atoms with van der Waals surface area (Å²) >= 11 is 0. The highest BCUT2D eigenvalue weighted by Gasteiger charge is 2.28. The Labute approximate surface area is 194 Å². The van der Waals surface area contributed by atoms with E-state index in [1.165, 1.54) is 18.3 Å². The van der Waals surface area contributed by atoms with Gasteiger partial charge in [-0.3, -0.25) is 0 Å². The van der Waals surface area contributed by atoms with Gasteiger partial charge in [-0.25, -0.2) is 33.3 Å². The van der Waals surface area contributed by atoms with Gasteiger partial charge in [0, 0.05) is 19.3 Å². The van der Waals surface area contributed by atoms with Crippen LogP contribution in [0.25, 0.3) is 11.4 Å². The molecule has 1 aliphatic heterocycles. The lowest BCUT2D eigenvalue weighted by Crippen LogP contribution is -2.30. The molecule has 1 saturated heterocycles. The number of hydrogen-bond acceptors (Lipinski definition) is 7. The third-order valence-corrected chi connectivity index (χ3v) is 6.14. The quantitative estimate of drug-likeness (QED) is 0.480. The second-order valence-corrected chi connectivity index (χ2v) is 8.75. The van der Waals surface area contributed by atoms with E-state index < -0.39 is 29.5 Å². The first-order valence-corrected chi connectivity index (χ1v) is 11.5. The molecule has 0 aliphatic carbocycles. The maximum atomic E-state index is 14.7. The van der Waals surface area contributed by atoms with Gasteiger partial charge in [0.1, 0.15) is 34.1 Å². The van der Waals surface area contributed by atoms with Crippen molar-refractivity contribution in [3.05, 3.63) is 42.4 Å². The van der Waals surface area contributed by atoms with E-state index in [9.17, 15) is 21.8 Å². The van der Waals surface area contributed by atoms with Gasteiger partial charge in [0.05, 0.1) is 30.0 Å². The molecule has 2 N–H and O–H groups in total. The van der Waals surface area contributed by atoms with Gasteiger partial charge < -0.3 is 14.6 Å². The van der Waals surface area contributed by atoms with Gasteiger partial charge in [0.25, 0.3) is 0 Å². The first kappa shape index (κ1) is 24.2. The molecule has 182 valence electrons. The largest absolute Gasteiger partial charge is 0.402 e. The molecule has 9 nitrogen and oxygen atoms in total. The van der Waals surface area contributed by atoms with Crippen molar-refractivity contribution < 1.29 is 26.5 Å². The smallest absolute Gasteiger partial charge is 0.381 e. The maximum absolute atomic E-state index is 14.7. The number of halogens is 4. The van der Waals surface area contributed by atoms with Gasteiger partial charge >= 0.3 is 6.18 Å². The lowest BCUT2D eigenvalue weighted by molar-refractivity contribution is -0.121. The van der Waals surface area contributed by atoms with Crippen LogP contribution in [0.15, 0.2) is 35.7 Å². The van der Waals surface area contributed by atoms with Crippen molar-refractivity contribution in [1.82, 2.24) is 29.2 Å². The molecule has 0 aromatic carbocycles. The average molecular weight is 499 g/mol. The highest BCUT2D eigenvalue weighted by molar-refractivity contribution is 7.83. The van der Waals surface area contributed by atoms with Crippen molar-refractivity contribution in [3.63, 3.8) is 0 Å². The zero-order chi connectivity index (χ0) is 24.3. The number of rotatable bonds is 7. The van der Waals surface area contributed by atoms with Crippen LogP contribution in [0.3, 0.4) is 0 Å². The minimum Gasteiger partial charge on any atom is -0.381 e. The molecule has 3 aromatic heterocycles. The van der Waals surface area contributed by atoms with Crippen LogP contribution in [-0.4, -0.2) is 54.6 Å². The van der Waals surface area contributed by atoms with Gasteiger partial charge in [-0.15, -0.1) is 0 Å². The van der Waals surface area contributed by atoms with Crippen LogP contribution in [0, 0.1) is 12.7 Å². The molecular formula is C20H21F4N7O2S. The number of aryl methyl sites for hydroxylation is 1. The molecule has 34 heavy (non-hydrogen) atoms. The Kier molecular flexibility index (Phi) is 7.19. The first-order valence-electron chi connectivity index (χ1n) is 10.3. The van der Waals surface area contributed by atoms with Crippen LogP contribution in [0.4, 0.5) is 29.2 Å². The Morgan fingerprint density at radius 3 is 2.59 bits per heavy atom. The molecule has 0 saturated carbocycles. The molecule has 4 heterocycles. The highest BCUT2D eigenvalue weighted by atomic mass is 32.2. The third kappa shape index (κ3) is 5.74. The second-order valence-electron chi connectivity index (χ2n) is 7.51. The fourth-order valence-electron chi connectivity index (χ4n) is 3.55. The molecule has 0 amide bonds. The van der Waals surface area contributed by atoms with Crippen molar-refractivity contribution in [2.24, 2.45) is 0 Å². The number of imidazole rings is 1. The minimum absolute atomic E-state index is 0.0756. The Morgan fingerprint density at radius 1 is 1.15 bits per heavy atom. The lowest BCUT2D eigenvalue weighted by Gasteiger charge is -2.26. The number of nitrogens with one attached hydrogen (secondary N) is 2. The topological polar surface area (TPSA) is 107 Å². The standard InChI is InChI=1S/C20H21F4N7O2S/c1-12-25-10-16(31(12)14-4-6-33-7-5-14)18-15(21)9-27-19(30-18)29-13-2-3-17(26-8-13)34(32)28-11-20(22,23)24/h2-3,8-10,14,28H,4-7,11H2,1H3,(H,27,29,30). The summed E-state index contributed by atoms with van der Waals surface area (Å²) in [5.41, 5.74) is 0.974. The Balaban J connectivity index is 1.52.